The summed E-state index contributed by atoms with van der Waals surface area (Å²) in [6, 6.07) is 21.8. The fraction of sp³-hybridized carbons (Fsp3) is 0.226. The van der Waals surface area contributed by atoms with Crippen molar-refractivity contribution in [2.75, 3.05) is 17.3 Å². The van der Waals surface area contributed by atoms with Crippen molar-refractivity contribution in [2.24, 2.45) is 5.92 Å². The highest BCUT2D eigenvalue weighted by Gasteiger charge is 2.42. The molecular formula is C31H30N4O4S. The number of rotatable bonds is 7. The Hall–Kier alpha value is -4.50. The molecule has 2 aromatic carbocycles. The van der Waals surface area contributed by atoms with E-state index >= 15 is 0 Å². The van der Waals surface area contributed by atoms with Crippen molar-refractivity contribution in [1.82, 2.24) is 10.3 Å². The fourth-order valence-electron chi connectivity index (χ4n) is 4.78. The number of nitrogens with zero attached hydrogens (tertiary/aromatic N) is 2. The number of benzene rings is 2. The van der Waals surface area contributed by atoms with E-state index in [-0.39, 0.29) is 23.9 Å². The molecule has 0 saturated carbocycles. The number of hydrogen-bond acceptors (Lipinski definition) is 6. The predicted molar refractivity (Wildman–Crippen MR) is 158 cm³/mol. The Morgan fingerprint density at radius 3 is 2.55 bits per heavy atom. The normalized spacial score (nSPS) is 16.6. The van der Waals surface area contributed by atoms with Gasteiger partial charge in [-0.1, -0.05) is 38.1 Å². The molecule has 0 unspecified atom stereocenters. The summed E-state index contributed by atoms with van der Waals surface area (Å²) in [7, 11) is 1.36. The highest BCUT2D eigenvalue weighted by Crippen LogP contribution is 2.43. The van der Waals surface area contributed by atoms with Crippen molar-refractivity contribution in [3.8, 4) is 11.3 Å². The van der Waals surface area contributed by atoms with E-state index in [2.05, 4.69) is 15.6 Å². The van der Waals surface area contributed by atoms with E-state index in [0.29, 0.717) is 27.8 Å². The molecule has 2 aromatic heterocycles. The van der Waals surface area contributed by atoms with Gasteiger partial charge in [-0.15, -0.1) is 0 Å². The van der Waals surface area contributed by atoms with Crippen molar-refractivity contribution in [1.29, 1.82) is 0 Å². The molecule has 3 heterocycles. The first-order chi connectivity index (χ1) is 19.3. The third kappa shape index (κ3) is 5.20. The number of aryl methyl sites for hydroxylation is 1. The Labute approximate surface area is 238 Å². The monoisotopic (exact) mass is 554 g/mol. The van der Waals surface area contributed by atoms with Crippen LogP contribution in [0.1, 0.15) is 53.3 Å². The van der Waals surface area contributed by atoms with E-state index in [0.717, 1.165) is 22.6 Å². The summed E-state index contributed by atoms with van der Waals surface area (Å²) in [5.41, 5.74) is 4.35. The summed E-state index contributed by atoms with van der Waals surface area (Å²) in [6.45, 7) is 5.67. The van der Waals surface area contributed by atoms with Crippen LogP contribution >= 0.6 is 12.2 Å². The van der Waals surface area contributed by atoms with Gasteiger partial charge in [0.25, 0.3) is 0 Å². The van der Waals surface area contributed by atoms with Crippen LogP contribution in [0.5, 0.6) is 0 Å². The van der Waals surface area contributed by atoms with Crippen molar-refractivity contribution in [3.63, 3.8) is 0 Å². The summed E-state index contributed by atoms with van der Waals surface area (Å²) in [4.78, 5) is 31.3. The van der Waals surface area contributed by atoms with E-state index in [1.54, 1.807) is 18.3 Å². The number of anilines is 2. The number of pyridine rings is 1. The lowest BCUT2D eigenvalue weighted by Crippen LogP contribution is -2.29. The summed E-state index contributed by atoms with van der Waals surface area (Å²) < 4.78 is 11.4. The van der Waals surface area contributed by atoms with Gasteiger partial charge in [0.15, 0.2) is 5.11 Å². The first-order valence-electron chi connectivity index (χ1n) is 13.0. The predicted octanol–water partition coefficient (Wildman–Crippen LogP) is 6.21. The maximum absolute atomic E-state index is 12.4. The van der Waals surface area contributed by atoms with Crippen LogP contribution in [0.3, 0.4) is 0 Å². The van der Waals surface area contributed by atoms with Crippen LogP contribution in [-0.4, -0.2) is 29.1 Å². The zero-order valence-corrected chi connectivity index (χ0v) is 23.5. The van der Waals surface area contributed by atoms with E-state index < -0.39 is 5.97 Å². The van der Waals surface area contributed by atoms with E-state index in [9.17, 15) is 9.59 Å². The molecule has 1 aliphatic heterocycles. The minimum atomic E-state index is -0.439. The zero-order valence-electron chi connectivity index (χ0n) is 22.7. The van der Waals surface area contributed by atoms with Gasteiger partial charge in [-0.25, -0.2) is 4.79 Å². The first kappa shape index (κ1) is 27.1. The van der Waals surface area contributed by atoms with Crippen LogP contribution < -0.4 is 15.5 Å². The van der Waals surface area contributed by atoms with Crippen LogP contribution in [0.2, 0.25) is 0 Å². The number of ether oxygens (including phenoxy) is 1. The maximum Gasteiger partial charge on any atom is 0.338 e. The largest absolute Gasteiger partial charge is 0.465 e. The summed E-state index contributed by atoms with van der Waals surface area (Å²) >= 11 is 5.84. The van der Waals surface area contributed by atoms with Crippen molar-refractivity contribution >= 4 is 40.6 Å². The molecule has 5 rings (SSSR count). The topological polar surface area (TPSA) is 96.7 Å². The van der Waals surface area contributed by atoms with Gasteiger partial charge < -0.3 is 24.7 Å². The molecule has 1 fully saturated rings. The van der Waals surface area contributed by atoms with Gasteiger partial charge in [-0.05, 0) is 73.2 Å². The molecular weight excluding hydrogens is 524 g/mol. The summed E-state index contributed by atoms with van der Waals surface area (Å²) in [6.07, 6.45) is 1.75. The van der Waals surface area contributed by atoms with E-state index in [1.165, 1.54) is 7.11 Å². The molecule has 2 N–H and O–H groups in total. The number of hydrogen-bond donors (Lipinski definition) is 2. The Kier molecular flexibility index (Phi) is 7.66. The number of amides is 1. The van der Waals surface area contributed by atoms with Gasteiger partial charge in [-0.2, -0.15) is 0 Å². The van der Waals surface area contributed by atoms with Gasteiger partial charge in [0.2, 0.25) is 5.91 Å². The second-order valence-electron chi connectivity index (χ2n) is 9.88. The van der Waals surface area contributed by atoms with Crippen molar-refractivity contribution in [3.05, 3.63) is 102 Å². The van der Waals surface area contributed by atoms with Crippen LogP contribution in [0.25, 0.3) is 11.3 Å². The molecule has 0 bridgehead atoms. The Balaban J connectivity index is 1.57. The molecule has 8 nitrogen and oxygen atoms in total. The Bertz CT molecular complexity index is 1570. The standard InChI is InChI=1S/C31H30N4O4S/c1-18(2)29(36)33-23-13-12-20(17-19(23)3)35-28(27(34-31(35)40)24-11-7-8-16-32-24)26-15-14-25(39-26)21-9-5-6-10-22(21)30(37)38-4/h5-18,27-28H,1-4H3,(H,33,36)(H,34,40)/t27-,28-/m0/s1. The highest BCUT2D eigenvalue weighted by molar-refractivity contribution is 7.80. The molecule has 0 spiro atoms. The molecule has 9 heteroatoms. The molecule has 4 aromatic rings. The summed E-state index contributed by atoms with van der Waals surface area (Å²) in [5, 5.41) is 6.93. The van der Waals surface area contributed by atoms with Gasteiger partial charge in [0, 0.05) is 29.1 Å². The third-order valence-electron chi connectivity index (χ3n) is 6.88. The molecule has 0 radical (unpaired) electrons. The second-order valence-corrected chi connectivity index (χ2v) is 10.3. The minimum absolute atomic E-state index is 0.0438. The highest BCUT2D eigenvalue weighted by atomic mass is 32.1. The van der Waals surface area contributed by atoms with Gasteiger partial charge in [0.05, 0.1) is 24.4 Å². The van der Waals surface area contributed by atoms with E-state index in [1.807, 2.05) is 86.3 Å². The zero-order chi connectivity index (χ0) is 28.4. The van der Waals surface area contributed by atoms with E-state index in [4.69, 9.17) is 21.4 Å². The number of aromatic nitrogens is 1. The number of nitrogens with one attached hydrogen (secondary N) is 2. The quantitative estimate of drug-likeness (QED) is 0.206. The minimum Gasteiger partial charge on any atom is -0.465 e. The number of esters is 1. The molecule has 40 heavy (non-hydrogen) atoms. The third-order valence-corrected chi connectivity index (χ3v) is 7.20. The lowest BCUT2D eigenvalue weighted by atomic mass is 10.0. The number of furan rings is 1. The lowest BCUT2D eigenvalue weighted by molar-refractivity contribution is -0.118. The van der Waals surface area contributed by atoms with Gasteiger partial charge >= 0.3 is 5.97 Å². The Morgan fingerprint density at radius 2 is 1.85 bits per heavy atom. The Morgan fingerprint density at radius 1 is 1.07 bits per heavy atom. The molecule has 1 aliphatic rings. The van der Waals surface area contributed by atoms with Crippen LogP contribution in [0.15, 0.2) is 83.4 Å². The average Bonchev–Trinajstić information content (AvgIpc) is 3.58. The smallest absolute Gasteiger partial charge is 0.338 e. The van der Waals surface area contributed by atoms with Crippen molar-refractivity contribution in [2.45, 2.75) is 32.9 Å². The van der Waals surface area contributed by atoms with Crippen molar-refractivity contribution < 1.29 is 18.7 Å². The van der Waals surface area contributed by atoms with Gasteiger partial charge in [-0.3, -0.25) is 9.78 Å². The fourth-order valence-corrected chi connectivity index (χ4v) is 5.13. The molecule has 2 atom stereocenters. The number of methoxy groups -OCH3 is 1. The number of thiocarbonyl (C=S) groups is 1. The second kappa shape index (κ2) is 11.3. The maximum atomic E-state index is 12.4. The van der Waals surface area contributed by atoms with Crippen LogP contribution in [0.4, 0.5) is 11.4 Å². The number of carbonyl (C=O) groups is 2. The number of carbonyl (C=O) groups excluding carboxylic acids is 2. The molecule has 1 amide bonds. The SMILES string of the molecule is COC(=O)c1ccccc1-c1ccc([C@H]2[C@H](c3ccccn3)NC(=S)N2c2ccc(NC(=O)C(C)C)c(C)c2)o1. The van der Waals surface area contributed by atoms with Crippen LogP contribution in [-0.2, 0) is 9.53 Å². The van der Waals surface area contributed by atoms with Gasteiger partial charge in [0.1, 0.15) is 17.6 Å². The summed E-state index contributed by atoms with van der Waals surface area (Å²) in [5.74, 6) is 0.572. The first-order valence-corrected chi connectivity index (χ1v) is 13.4. The lowest BCUT2D eigenvalue weighted by Gasteiger charge is -2.27. The molecule has 204 valence electrons. The molecule has 0 aliphatic carbocycles. The molecule has 1 saturated heterocycles. The van der Waals surface area contributed by atoms with Crippen LogP contribution in [0, 0.1) is 12.8 Å². The average molecular weight is 555 g/mol.